The Kier molecular flexibility index (Phi) is 4.28. The molecule has 0 N–H and O–H groups in total. The third-order valence-electron chi connectivity index (χ3n) is 3.46. The summed E-state index contributed by atoms with van der Waals surface area (Å²) in [6.07, 6.45) is 2.65. The number of aromatic nitrogens is 1. The Balaban J connectivity index is 2.10. The van der Waals surface area contributed by atoms with Crippen molar-refractivity contribution in [2.45, 2.75) is 6.16 Å². The number of benzene rings is 2. The van der Waals surface area contributed by atoms with E-state index in [1.807, 2.05) is 30.5 Å². The molecule has 3 heteroatoms. The Morgan fingerprint density at radius 2 is 1.24 bits per heavy atom. The van der Waals surface area contributed by atoms with Gasteiger partial charge in [-0.25, -0.2) is 0 Å². The van der Waals surface area contributed by atoms with Gasteiger partial charge in [0.05, 0.1) is 0 Å². The summed E-state index contributed by atoms with van der Waals surface area (Å²) in [7, 11) is 0. The molecule has 21 heavy (non-hydrogen) atoms. The fraction of sp³-hybridized carbons (Fsp3) is 0.0556. The summed E-state index contributed by atoms with van der Waals surface area (Å²) in [5.74, 6) is 0. The van der Waals surface area contributed by atoms with Crippen LogP contribution in [0.4, 0.5) is 0 Å². The van der Waals surface area contributed by atoms with Gasteiger partial charge < -0.3 is 0 Å². The fourth-order valence-electron chi connectivity index (χ4n) is 2.39. The van der Waals surface area contributed by atoms with Crippen LogP contribution in [-0.4, -0.2) is 4.98 Å². The lowest BCUT2D eigenvalue weighted by Crippen LogP contribution is -2.17. The van der Waals surface area contributed by atoms with Gasteiger partial charge in [0.2, 0.25) is 0 Å². The van der Waals surface area contributed by atoms with Crippen LogP contribution in [0, 0.1) is 0 Å². The molecule has 1 heterocycles. The molecule has 0 aliphatic rings. The van der Waals surface area contributed by atoms with Crippen LogP contribution in [0.25, 0.3) is 0 Å². The van der Waals surface area contributed by atoms with Crippen LogP contribution < -0.4 is 10.6 Å². The first-order chi connectivity index (χ1) is 10.3. The Bertz CT molecular complexity index is 698. The largest absolute Gasteiger partial charge is 0.261 e. The zero-order valence-electron chi connectivity index (χ0n) is 11.6. The number of pyridine rings is 1. The highest BCUT2D eigenvalue weighted by Gasteiger charge is 2.22. The minimum atomic E-state index is -1.88. The van der Waals surface area contributed by atoms with E-state index in [1.165, 1.54) is 10.6 Å². The van der Waals surface area contributed by atoms with Gasteiger partial charge in [-0.3, -0.25) is 4.98 Å². The Morgan fingerprint density at radius 1 is 0.714 bits per heavy atom. The molecule has 1 aromatic heterocycles. The predicted octanol–water partition coefficient (Wildman–Crippen LogP) is 3.71. The van der Waals surface area contributed by atoms with Gasteiger partial charge in [0.1, 0.15) is 0 Å². The van der Waals surface area contributed by atoms with Crippen LogP contribution in [-0.2, 0) is 18.0 Å². The molecule has 0 saturated carbocycles. The molecule has 0 spiro atoms. The zero-order valence-corrected chi connectivity index (χ0v) is 13.3. The summed E-state index contributed by atoms with van der Waals surface area (Å²) in [5.41, 5.74) is 1.06. The van der Waals surface area contributed by atoms with E-state index in [0.29, 0.717) is 0 Å². The number of hydrogen-bond donors (Lipinski definition) is 0. The van der Waals surface area contributed by atoms with Gasteiger partial charge in [-0.15, -0.1) is 0 Å². The topological polar surface area (TPSA) is 12.9 Å². The van der Waals surface area contributed by atoms with Gasteiger partial charge in [-0.1, -0.05) is 78.5 Å². The zero-order chi connectivity index (χ0) is 14.5. The molecule has 0 aliphatic heterocycles. The standard InChI is InChI=1S/C18H16NPS/c21-20(17-10-3-1-4-11-17,18-12-5-2-6-13-18)15-16-9-7-8-14-19-16/h1-14H,15H2. The van der Waals surface area contributed by atoms with E-state index in [1.54, 1.807) is 0 Å². The highest BCUT2D eigenvalue weighted by Crippen LogP contribution is 2.46. The maximum atomic E-state index is 6.19. The summed E-state index contributed by atoms with van der Waals surface area (Å²) in [4.78, 5) is 4.48. The van der Waals surface area contributed by atoms with Crippen molar-refractivity contribution in [1.82, 2.24) is 4.98 Å². The van der Waals surface area contributed by atoms with Crippen molar-refractivity contribution < 1.29 is 0 Å². The van der Waals surface area contributed by atoms with E-state index in [-0.39, 0.29) is 0 Å². The molecular weight excluding hydrogens is 293 g/mol. The van der Waals surface area contributed by atoms with Gasteiger partial charge in [0, 0.05) is 24.1 Å². The maximum Gasteiger partial charge on any atom is 0.0460 e. The van der Waals surface area contributed by atoms with Gasteiger partial charge in [0.25, 0.3) is 0 Å². The number of nitrogens with zero attached hydrogens (tertiary/aromatic N) is 1. The van der Waals surface area contributed by atoms with E-state index in [2.05, 4.69) is 59.6 Å². The summed E-state index contributed by atoms with van der Waals surface area (Å²) in [5, 5.41) is 2.49. The fourth-order valence-corrected chi connectivity index (χ4v) is 6.13. The molecule has 0 fully saturated rings. The molecular formula is C18H16NPS. The molecule has 0 radical (unpaired) electrons. The molecule has 0 aliphatic carbocycles. The molecule has 3 rings (SSSR count). The van der Waals surface area contributed by atoms with Crippen molar-refractivity contribution in [3.63, 3.8) is 0 Å². The molecule has 0 bridgehead atoms. The SMILES string of the molecule is S=P(Cc1ccccn1)(c1ccccc1)c1ccccc1. The summed E-state index contributed by atoms with van der Waals surface area (Å²) in [6, 6.07) is 25.1. The smallest absolute Gasteiger partial charge is 0.0460 e. The molecule has 0 amide bonds. The first-order valence-corrected chi connectivity index (χ1v) is 9.88. The van der Waals surface area contributed by atoms with E-state index < -0.39 is 6.04 Å². The lowest BCUT2D eigenvalue weighted by Gasteiger charge is -2.23. The molecule has 1 nitrogen and oxygen atoms in total. The van der Waals surface area contributed by atoms with E-state index in [4.69, 9.17) is 11.8 Å². The lowest BCUT2D eigenvalue weighted by molar-refractivity contribution is 1.17. The molecule has 0 atom stereocenters. The summed E-state index contributed by atoms with van der Waals surface area (Å²) < 4.78 is 0. The van der Waals surface area contributed by atoms with E-state index in [9.17, 15) is 0 Å². The predicted molar refractivity (Wildman–Crippen MR) is 94.4 cm³/mol. The average Bonchev–Trinajstić information content (AvgIpc) is 2.57. The second kappa shape index (κ2) is 6.34. The number of rotatable bonds is 4. The monoisotopic (exact) mass is 309 g/mol. The van der Waals surface area contributed by atoms with Crippen LogP contribution in [0.15, 0.2) is 85.1 Å². The Labute approximate surface area is 130 Å². The van der Waals surface area contributed by atoms with Crippen molar-refractivity contribution in [3.05, 3.63) is 90.8 Å². The molecule has 104 valence electrons. The summed E-state index contributed by atoms with van der Waals surface area (Å²) in [6.45, 7) is 0. The second-order valence-corrected chi connectivity index (χ2v) is 9.59. The number of hydrogen-bond acceptors (Lipinski definition) is 2. The summed E-state index contributed by atoms with van der Waals surface area (Å²) >= 11 is 6.19. The van der Waals surface area contributed by atoms with Gasteiger partial charge >= 0.3 is 0 Å². The molecule has 2 aromatic carbocycles. The van der Waals surface area contributed by atoms with Crippen LogP contribution in [0.1, 0.15) is 5.69 Å². The van der Waals surface area contributed by atoms with Crippen LogP contribution in [0.2, 0.25) is 0 Å². The maximum absolute atomic E-state index is 6.19. The van der Waals surface area contributed by atoms with Gasteiger partial charge in [0.15, 0.2) is 0 Å². The minimum Gasteiger partial charge on any atom is -0.261 e. The third-order valence-corrected chi connectivity index (χ3v) is 8.14. The normalized spacial score (nSPS) is 11.2. The highest BCUT2D eigenvalue weighted by molar-refractivity contribution is 8.21. The van der Waals surface area contributed by atoms with Crippen molar-refractivity contribution in [1.29, 1.82) is 0 Å². The van der Waals surface area contributed by atoms with Crippen molar-refractivity contribution >= 4 is 28.5 Å². The molecule has 0 saturated heterocycles. The quantitative estimate of drug-likeness (QED) is 0.681. The first-order valence-electron chi connectivity index (χ1n) is 6.89. The van der Waals surface area contributed by atoms with Crippen molar-refractivity contribution in [2.24, 2.45) is 0 Å². The molecule has 0 unspecified atom stereocenters. The third kappa shape index (κ3) is 3.12. The second-order valence-electron chi connectivity index (χ2n) is 4.89. The van der Waals surface area contributed by atoms with E-state index in [0.717, 1.165) is 11.9 Å². The first kappa shape index (κ1) is 14.2. The van der Waals surface area contributed by atoms with Crippen LogP contribution in [0.3, 0.4) is 0 Å². The van der Waals surface area contributed by atoms with Gasteiger partial charge in [-0.2, -0.15) is 0 Å². The van der Waals surface area contributed by atoms with Crippen molar-refractivity contribution in [3.8, 4) is 0 Å². The van der Waals surface area contributed by atoms with E-state index >= 15 is 0 Å². The highest BCUT2D eigenvalue weighted by atomic mass is 32.4. The van der Waals surface area contributed by atoms with Crippen LogP contribution in [0.5, 0.6) is 0 Å². The van der Waals surface area contributed by atoms with Crippen LogP contribution >= 0.6 is 6.04 Å². The lowest BCUT2D eigenvalue weighted by atomic mass is 10.4. The Morgan fingerprint density at radius 3 is 1.71 bits per heavy atom. The average molecular weight is 309 g/mol. The van der Waals surface area contributed by atoms with Gasteiger partial charge in [-0.05, 0) is 22.7 Å². The van der Waals surface area contributed by atoms with Crippen molar-refractivity contribution in [2.75, 3.05) is 0 Å². The molecule has 3 aromatic rings. The Hall–Kier alpha value is -1.76. The minimum absolute atomic E-state index is 0.817.